The molecule has 30 heavy (non-hydrogen) atoms. The van der Waals surface area contributed by atoms with E-state index in [0.29, 0.717) is 5.69 Å². The Kier molecular flexibility index (Phi) is 6.61. The van der Waals surface area contributed by atoms with E-state index in [1.807, 2.05) is 60.7 Å². The van der Waals surface area contributed by atoms with E-state index in [2.05, 4.69) is 5.32 Å². The molecular formula is C22H21N3O4S. The molecule has 0 spiro atoms. The zero-order valence-electron chi connectivity index (χ0n) is 16.1. The Morgan fingerprint density at radius 1 is 0.767 bits per heavy atom. The van der Waals surface area contributed by atoms with Crippen molar-refractivity contribution in [1.29, 1.82) is 0 Å². The van der Waals surface area contributed by atoms with Crippen molar-refractivity contribution < 1.29 is 18.0 Å². The van der Waals surface area contributed by atoms with Crippen LogP contribution in [0.2, 0.25) is 0 Å². The van der Waals surface area contributed by atoms with Crippen LogP contribution in [0.1, 0.15) is 11.1 Å². The van der Waals surface area contributed by atoms with Gasteiger partial charge in [-0.2, -0.15) is 0 Å². The first kappa shape index (κ1) is 21.2. The van der Waals surface area contributed by atoms with Crippen LogP contribution in [0.25, 0.3) is 0 Å². The molecule has 7 nitrogen and oxygen atoms in total. The van der Waals surface area contributed by atoms with E-state index in [4.69, 9.17) is 5.14 Å². The van der Waals surface area contributed by atoms with Crippen LogP contribution in [-0.2, 0) is 32.7 Å². The Morgan fingerprint density at radius 3 is 1.67 bits per heavy atom. The van der Waals surface area contributed by atoms with E-state index in [0.717, 1.165) is 11.1 Å². The van der Waals surface area contributed by atoms with Gasteiger partial charge in [0.05, 0.1) is 4.90 Å². The van der Waals surface area contributed by atoms with Crippen molar-refractivity contribution in [3.63, 3.8) is 0 Å². The van der Waals surface area contributed by atoms with Crippen LogP contribution in [0.5, 0.6) is 0 Å². The lowest BCUT2D eigenvalue weighted by atomic mass is 10.1. The summed E-state index contributed by atoms with van der Waals surface area (Å²) < 4.78 is 22.7. The van der Waals surface area contributed by atoms with Crippen LogP contribution in [0.4, 0.5) is 5.69 Å². The Balaban J connectivity index is 1.76. The van der Waals surface area contributed by atoms with Gasteiger partial charge in [-0.15, -0.1) is 0 Å². The molecule has 0 aliphatic rings. The summed E-state index contributed by atoms with van der Waals surface area (Å²) in [6, 6.07) is 24.1. The second-order valence-electron chi connectivity index (χ2n) is 6.66. The lowest BCUT2D eigenvalue weighted by Gasteiger charge is -2.22. The first-order valence-electron chi connectivity index (χ1n) is 9.14. The zero-order chi connectivity index (χ0) is 21.6. The van der Waals surface area contributed by atoms with Crippen molar-refractivity contribution in [2.45, 2.75) is 18.0 Å². The molecule has 0 aliphatic carbocycles. The molecule has 0 heterocycles. The molecule has 0 saturated heterocycles. The molecule has 3 aromatic carbocycles. The van der Waals surface area contributed by atoms with E-state index < -0.39 is 21.8 Å². The van der Waals surface area contributed by atoms with Crippen molar-refractivity contribution in [2.75, 3.05) is 5.32 Å². The van der Waals surface area contributed by atoms with Gasteiger partial charge < -0.3 is 10.2 Å². The Morgan fingerprint density at radius 2 is 1.23 bits per heavy atom. The van der Waals surface area contributed by atoms with Crippen molar-refractivity contribution in [3.05, 3.63) is 96.1 Å². The Hall–Kier alpha value is -3.49. The topological polar surface area (TPSA) is 110 Å². The smallest absolute Gasteiger partial charge is 0.313 e. The van der Waals surface area contributed by atoms with Gasteiger partial charge in [-0.3, -0.25) is 9.59 Å². The first-order chi connectivity index (χ1) is 14.3. The number of carbonyl (C=O) groups is 2. The second kappa shape index (κ2) is 9.34. The van der Waals surface area contributed by atoms with Crippen molar-refractivity contribution >= 4 is 27.5 Å². The number of anilines is 1. The highest BCUT2D eigenvalue weighted by atomic mass is 32.2. The second-order valence-corrected chi connectivity index (χ2v) is 8.22. The standard InChI is InChI=1S/C22H21N3O4S/c23-30(28,29)20-13-11-19(12-14-20)24-21(26)22(27)25(15-17-7-3-1-4-8-17)16-18-9-5-2-6-10-18/h1-14H,15-16H2,(H,24,26)(H2,23,28,29). The zero-order valence-corrected chi connectivity index (χ0v) is 16.9. The largest absolute Gasteiger partial charge is 0.326 e. The maximum Gasteiger partial charge on any atom is 0.313 e. The minimum Gasteiger partial charge on any atom is -0.326 e. The average Bonchev–Trinajstić information content (AvgIpc) is 2.74. The molecule has 154 valence electrons. The van der Waals surface area contributed by atoms with Crippen LogP contribution in [0, 0.1) is 0 Å². The molecule has 0 aromatic heterocycles. The molecule has 0 unspecified atom stereocenters. The minimum atomic E-state index is -3.83. The number of carbonyl (C=O) groups excluding carboxylic acids is 2. The summed E-state index contributed by atoms with van der Waals surface area (Å²) in [5, 5.41) is 7.57. The molecule has 0 fully saturated rings. The maximum atomic E-state index is 12.9. The van der Waals surface area contributed by atoms with Gasteiger partial charge in [-0.25, -0.2) is 13.6 Å². The third-order valence-corrected chi connectivity index (χ3v) is 5.28. The number of hydrogen-bond acceptors (Lipinski definition) is 4. The third-order valence-electron chi connectivity index (χ3n) is 4.35. The highest BCUT2D eigenvalue weighted by Gasteiger charge is 2.22. The number of nitrogens with zero attached hydrogens (tertiary/aromatic N) is 1. The summed E-state index contributed by atoms with van der Waals surface area (Å²) in [7, 11) is -3.83. The molecule has 3 rings (SSSR count). The molecule has 8 heteroatoms. The third kappa shape index (κ3) is 5.76. The SMILES string of the molecule is NS(=O)(=O)c1ccc(NC(=O)C(=O)N(Cc2ccccc2)Cc2ccccc2)cc1. The fourth-order valence-electron chi connectivity index (χ4n) is 2.86. The number of sulfonamides is 1. The monoisotopic (exact) mass is 423 g/mol. The predicted molar refractivity (Wildman–Crippen MR) is 114 cm³/mol. The predicted octanol–water partition coefficient (Wildman–Crippen LogP) is 2.50. The van der Waals surface area contributed by atoms with Crippen molar-refractivity contribution in [1.82, 2.24) is 4.90 Å². The van der Waals surface area contributed by atoms with Crippen molar-refractivity contribution in [3.8, 4) is 0 Å². The van der Waals surface area contributed by atoms with Crippen molar-refractivity contribution in [2.24, 2.45) is 5.14 Å². The number of nitrogens with two attached hydrogens (primary N) is 1. The van der Waals surface area contributed by atoms with Gasteiger partial charge in [-0.05, 0) is 35.4 Å². The highest BCUT2D eigenvalue weighted by molar-refractivity contribution is 7.89. The summed E-state index contributed by atoms with van der Waals surface area (Å²) >= 11 is 0. The molecule has 0 radical (unpaired) electrons. The van der Waals surface area contributed by atoms with Gasteiger partial charge in [0, 0.05) is 18.8 Å². The Bertz CT molecular complexity index is 1070. The van der Waals surface area contributed by atoms with Gasteiger partial charge in [0.15, 0.2) is 0 Å². The lowest BCUT2D eigenvalue weighted by Crippen LogP contribution is -2.38. The van der Waals surface area contributed by atoms with Crippen LogP contribution in [-0.4, -0.2) is 25.1 Å². The highest BCUT2D eigenvalue weighted by Crippen LogP contribution is 2.14. The fourth-order valence-corrected chi connectivity index (χ4v) is 3.38. The van der Waals surface area contributed by atoms with E-state index in [1.165, 1.54) is 29.2 Å². The van der Waals surface area contributed by atoms with E-state index in [9.17, 15) is 18.0 Å². The number of primary sulfonamides is 1. The van der Waals surface area contributed by atoms with E-state index in [-0.39, 0.29) is 18.0 Å². The Labute approximate surface area is 175 Å². The summed E-state index contributed by atoms with van der Waals surface area (Å²) in [4.78, 5) is 26.8. The van der Waals surface area contributed by atoms with Gasteiger partial charge in [0.1, 0.15) is 0 Å². The minimum absolute atomic E-state index is 0.0818. The number of amides is 2. The molecule has 2 amide bonds. The van der Waals surface area contributed by atoms with Gasteiger partial charge in [0.2, 0.25) is 10.0 Å². The van der Waals surface area contributed by atoms with Crippen LogP contribution in [0.3, 0.4) is 0 Å². The molecule has 3 aromatic rings. The molecular weight excluding hydrogens is 402 g/mol. The molecule has 0 aliphatic heterocycles. The summed E-state index contributed by atoms with van der Waals surface area (Å²) in [5.41, 5.74) is 2.08. The van der Waals surface area contributed by atoms with Gasteiger partial charge in [-0.1, -0.05) is 60.7 Å². The molecule has 3 N–H and O–H groups in total. The fraction of sp³-hybridized carbons (Fsp3) is 0.0909. The average molecular weight is 423 g/mol. The number of benzene rings is 3. The summed E-state index contributed by atoms with van der Waals surface area (Å²) in [5.74, 6) is -1.51. The quantitative estimate of drug-likeness (QED) is 0.594. The van der Waals surface area contributed by atoms with Gasteiger partial charge >= 0.3 is 11.8 Å². The molecule has 0 bridgehead atoms. The van der Waals surface area contributed by atoms with Crippen LogP contribution >= 0.6 is 0 Å². The normalized spacial score (nSPS) is 11.0. The summed E-state index contributed by atoms with van der Waals surface area (Å²) in [6.07, 6.45) is 0. The molecule has 0 saturated carbocycles. The first-order valence-corrected chi connectivity index (χ1v) is 10.7. The van der Waals surface area contributed by atoms with E-state index in [1.54, 1.807) is 0 Å². The van der Waals surface area contributed by atoms with E-state index >= 15 is 0 Å². The van der Waals surface area contributed by atoms with Crippen LogP contribution in [0.15, 0.2) is 89.8 Å². The number of rotatable bonds is 6. The maximum absolute atomic E-state index is 12.9. The molecule has 0 atom stereocenters. The lowest BCUT2D eigenvalue weighted by molar-refractivity contribution is -0.144. The number of hydrogen-bond donors (Lipinski definition) is 2. The number of nitrogens with one attached hydrogen (secondary N) is 1. The van der Waals surface area contributed by atoms with Crippen LogP contribution < -0.4 is 10.5 Å². The van der Waals surface area contributed by atoms with Gasteiger partial charge in [0.25, 0.3) is 0 Å². The summed E-state index contributed by atoms with van der Waals surface area (Å²) in [6.45, 7) is 0.540.